The lowest BCUT2D eigenvalue weighted by Gasteiger charge is -2.41. The first-order valence-electron chi connectivity index (χ1n) is 8.73. The van der Waals surface area contributed by atoms with E-state index in [0.717, 1.165) is 32.1 Å². The SMILES string of the molecule is C=C(C)CCCCCCC(=O)N1CCN(C(C)C)[C@H](C(=O)O)C1. The topological polar surface area (TPSA) is 60.9 Å². The second-order valence-electron chi connectivity index (χ2n) is 6.90. The van der Waals surface area contributed by atoms with Crippen molar-refractivity contribution in [3.8, 4) is 0 Å². The van der Waals surface area contributed by atoms with Crippen LogP contribution in [-0.4, -0.2) is 58.5 Å². The van der Waals surface area contributed by atoms with Gasteiger partial charge in [-0.2, -0.15) is 0 Å². The minimum absolute atomic E-state index is 0.0968. The van der Waals surface area contributed by atoms with E-state index in [1.165, 1.54) is 5.57 Å². The molecule has 1 atom stereocenters. The molecule has 0 aliphatic carbocycles. The molecule has 0 saturated carbocycles. The maximum Gasteiger partial charge on any atom is 0.322 e. The molecule has 132 valence electrons. The largest absolute Gasteiger partial charge is 0.480 e. The smallest absolute Gasteiger partial charge is 0.322 e. The number of piperazine rings is 1. The highest BCUT2D eigenvalue weighted by molar-refractivity contribution is 5.79. The van der Waals surface area contributed by atoms with Crippen LogP contribution in [0, 0.1) is 0 Å². The molecule has 1 rings (SSSR count). The molecule has 1 saturated heterocycles. The molecule has 0 aromatic rings. The molecule has 5 nitrogen and oxygen atoms in total. The molecular formula is C18H32N2O3. The van der Waals surface area contributed by atoms with Crippen molar-refractivity contribution in [2.45, 2.75) is 71.4 Å². The molecule has 1 N–H and O–H groups in total. The highest BCUT2D eigenvalue weighted by Crippen LogP contribution is 2.16. The molecule has 5 heteroatoms. The van der Waals surface area contributed by atoms with Gasteiger partial charge in [0.2, 0.25) is 5.91 Å². The summed E-state index contributed by atoms with van der Waals surface area (Å²) in [4.78, 5) is 27.4. The summed E-state index contributed by atoms with van der Waals surface area (Å²) in [6.07, 6.45) is 5.79. The van der Waals surface area contributed by atoms with Gasteiger partial charge in [-0.3, -0.25) is 14.5 Å². The number of carbonyl (C=O) groups excluding carboxylic acids is 1. The number of carboxylic acid groups (broad SMARTS) is 1. The molecule has 1 fully saturated rings. The van der Waals surface area contributed by atoms with Crippen molar-refractivity contribution in [1.29, 1.82) is 0 Å². The van der Waals surface area contributed by atoms with Gasteiger partial charge in [0.1, 0.15) is 6.04 Å². The van der Waals surface area contributed by atoms with E-state index in [2.05, 4.69) is 6.58 Å². The van der Waals surface area contributed by atoms with Crippen LogP contribution in [0.2, 0.25) is 0 Å². The average molecular weight is 324 g/mol. The van der Waals surface area contributed by atoms with E-state index in [1.807, 2.05) is 25.7 Å². The van der Waals surface area contributed by atoms with Gasteiger partial charge in [-0.25, -0.2) is 0 Å². The van der Waals surface area contributed by atoms with Crippen LogP contribution in [0.1, 0.15) is 59.3 Å². The molecule has 1 amide bonds. The van der Waals surface area contributed by atoms with Crippen molar-refractivity contribution in [3.05, 3.63) is 12.2 Å². The lowest BCUT2D eigenvalue weighted by Crippen LogP contribution is -2.59. The van der Waals surface area contributed by atoms with Crippen LogP contribution >= 0.6 is 0 Å². The summed E-state index contributed by atoms with van der Waals surface area (Å²) in [5.41, 5.74) is 1.21. The lowest BCUT2D eigenvalue weighted by molar-refractivity contribution is -0.149. The lowest BCUT2D eigenvalue weighted by atomic mass is 10.1. The van der Waals surface area contributed by atoms with Crippen molar-refractivity contribution in [2.75, 3.05) is 19.6 Å². The number of hydrogen-bond acceptors (Lipinski definition) is 3. The van der Waals surface area contributed by atoms with Crippen LogP contribution in [0.3, 0.4) is 0 Å². The fourth-order valence-electron chi connectivity index (χ4n) is 3.08. The molecule has 0 unspecified atom stereocenters. The molecule has 0 aromatic heterocycles. The molecule has 1 aliphatic heterocycles. The van der Waals surface area contributed by atoms with Crippen LogP contribution in [-0.2, 0) is 9.59 Å². The number of hydrogen-bond donors (Lipinski definition) is 1. The van der Waals surface area contributed by atoms with E-state index in [9.17, 15) is 14.7 Å². The molecule has 0 bridgehead atoms. The summed E-state index contributed by atoms with van der Waals surface area (Å²) in [6, 6.07) is -0.398. The highest BCUT2D eigenvalue weighted by atomic mass is 16.4. The summed E-state index contributed by atoms with van der Waals surface area (Å²) >= 11 is 0. The van der Waals surface area contributed by atoms with Crippen LogP contribution in [0.15, 0.2) is 12.2 Å². The van der Waals surface area contributed by atoms with Gasteiger partial charge in [-0.1, -0.05) is 18.4 Å². The monoisotopic (exact) mass is 324 g/mol. The Hall–Kier alpha value is -1.36. The molecule has 0 aromatic carbocycles. The maximum absolute atomic E-state index is 12.3. The van der Waals surface area contributed by atoms with Crippen LogP contribution in [0.5, 0.6) is 0 Å². The number of amides is 1. The molecular weight excluding hydrogens is 292 g/mol. The van der Waals surface area contributed by atoms with E-state index < -0.39 is 12.0 Å². The van der Waals surface area contributed by atoms with Gasteiger partial charge in [-0.05, 0) is 40.0 Å². The Morgan fingerprint density at radius 1 is 1.13 bits per heavy atom. The predicted octanol–water partition coefficient (Wildman–Crippen LogP) is 2.91. The van der Waals surface area contributed by atoms with Crippen LogP contribution < -0.4 is 0 Å². The molecule has 0 radical (unpaired) electrons. The quantitative estimate of drug-likeness (QED) is 0.523. The van der Waals surface area contributed by atoms with Crippen LogP contribution in [0.25, 0.3) is 0 Å². The molecule has 0 spiro atoms. The Labute approximate surface area is 140 Å². The van der Waals surface area contributed by atoms with Gasteiger partial charge < -0.3 is 10.0 Å². The second kappa shape index (κ2) is 9.71. The van der Waals surface area contributed by atoms with Crippen molar-refractivity contribution in [2.24, 2.45) is 0 Å². The highest BCUT2D eigenvalue weighted by Gasteiger charge is 2.35. The standard InChI is InChI=1S/C18H32N2O3/c1-14(2)9-7-5-6-8-10-17(21)19-11-12-20(15(3)4)16(13-19)18(22)23/h15-16H,1,5-13H2,2-4H3,(H,22,23)/t16-/m0/s1. The summed E-state index contributed by atoms with van der Waals surface area (Å²) in [5, 5.41) is 9.39. The second-order valence-corrected chi connectivity index (χ2v) is 6.90. The minimum Gasteiger partial charge on any atom is -0.480 e. The first kappa shape index (κ1) is 19.7. The van der Waals surface area contributed by atoms with E-state index in [4.69, 9.17) is 0 Å². The first-order valence-corrected chi connectivity index (χ1v) is 8.73. The third-order valence-corrected chi connectivity index (χ3v) is 4.47. The summed E-state index contributed by atoms with van der Waals surface area (Å²) in [6.45, 7) is 11.5. The Morgan fingerprint density at radius 3 is 2.26 bits per heavy atom. The van der Waals surface area contributed by atoms with Gasteiger partial charge >= 0.3 is 5.97 Å². The molecule has 1 aliphatic rings. The number of allylic oxidation sites excluding steroid dienone is 1. The number of aliphatic carboxylic acids is 1. The number of nitrogens with zero attached hydrogens (tertiary/aromatic N) is 2. The maximum atomic E-state index is 12.3. The third-order valence-electron chi connectivity index (χ3n) is 4.47. The van der Waals surface area contributed by atoms with Crippen molar-refractivity contribution < 1.29 is 14.7 Å². The summed E-state index contributed by atoms with van der Waals surface area (Å²) in [7, 11) is 0. The Morgan fingerprint density at radius 2 is 1.74 bits per heavy atom. The van der Waals surface area contributed by atoms with E-state index in [0.29, 0.717) is 26.1 Å². The predicted molar refractivity (Wildman–Crippen MR) is 92.4 cm³/mol. The zero-order valence-corrected chi connectivity index (χ0v) is 14.9. The Balaban J connectivity index is 2.34. The van der Waals surface area contributed by atoms with Gasteiger partial charge in [-0.15, -0.1) is 6.58 Å². The zero-order valence-electron chi connectivity index (χ0n) is 14.9. The number of carboxylic acids is 1. The molecule has 1 heterocycles. The van der Waals surface area contributed by atoms with Gasteiger partial charge in [0.05, 0.1) is 0 Å². The third kappa shape index (κ3) is 6.73. The van der Waals surface area contributed by atoms with E-state index >= 15 is 0 Å². The summed E-state index contributed by atoms with van der Waals surface area (Å²) < 4.78 is 0. The van der Waals surface area contributed by atoms with E-state index in [1.54, 1.807) is 4.90 Å². The number of rotatable bonds is 9. The minimum atomic E-state index is -0.837. The zero-order chi connectivity index (χ0) is 17.4. The Kier molecular flexibility index (Phi) is 8.31. The van der Waals surface area contributed by atoms with Crippen molar-refractivity contribution >= 4 is 11.9 Å². The first-order chi connectivity index (χ1) is 10.8. The normalized spacial score (nSPS) is 19.1. The van der Waals surface area contributed by atoms with Crippen molar-refractivity contribution in [3.63, 3.8) is 0 Å². The molecule has 23 heavy (non-hydrogen) atoms. The summed E-state index contributed by atoms with van der Waals surface area (Å²) in [5.74, 6) is -0.740. The van der Waals surface area contributed by atoms with Gasteiger partial charge in [0, 0.05) is 32.1 Å². The Bertz CT molecular complexity index is 420. The fraction of sp³-hybridized carbons (Fsp3) is 0.778. The van der Waals surface area contributed by atoms with Gasteiger partial charge in [0.25, 0.3) is 0 Å². The fourth-order valence-corrected chi connectivity index (χ4v) is 3.08. The van der Waals surface area contributed by atoms with E-state index in [-0.39, 0.29) is 11.9 Å². The number of unbranched alkanes of at least 4 members (excludes halogenated alkanes) is 3. The average Bonchev–Trinajstić information content (AvgIpc) is 2.49. The van der Waals surface area contributed by atoms with Crippen molar-refractivity contribution in [1.82, 2.24) is 9.80 Å². The number of carbonyl (C=O) groups is 2. The van der Waals surface area contributed by atoms with Gasteiger partial charge in [0.15, 0.2) is 0 Å². The van der Waals surface area contributed by atoms with Crippen LogP contribution in [0.4, 0.5) is 0 Å².